The molecule has 2 bridgehead atoms. The van der Waals surface area contributed by atoms with Crippen molar-refractivity contribution in [2.75, 3.05) is 13.7 Å². The molecule has 7 heteroatoms. The fourth-order valence-electron chi connectivity index (χ4n) is 5.58. The minimum absolute atomic E-state index is 0.000481. The summed E-state index contributed by atoms with van der Waals surface area (Å²) in [6.07, 6.45) is 8.82. The summed E-state index contributed by atoms with van der Waals surface area (Å²) in [5.74, 6) is -0.943. The number of nitrogens with one attached hydrogen (secondary N) is 1. The largest absolute Gasteiger partial charge is 0.492 e. The Bertz CT molecular complexity index is 914. The average Bonchev–Trinajstić information content (AvgIpc) is 3.12. The van der Waals surface area contributed by atoms with Gasteiger partial charge in [-0.25, -0.2) is 9.37 Å². The van der Waals surface area contributed by atoms with Crippen LogP contribution in [0.15, 0.2) is 12.4 Å². The number of pyridine rings is 1. The van der Waals surface area contributed by atoms with Gasteiger partial charge >= 0.3 is 0 Å². The number of methoxy groups -OCH3 is 1. The zero-order chi connectivity index (χ0) is 20.8. The number of carbonyl (C=O) groups excluding carboxylic acids is 1. The van der Waals surface area contributed by atoms with E-state index in [9.17, 15) is 14.3 Å². The number of rotatable bonds is 5. The summed E-state index contributed by atoms with van der Waals surface area (Å²) in [6, 6.07) is 0.221. The highest BCUT2D eigenvalue weighted by atomic mass is 19.1. The van der Waals surface area contributed by atoms with E-state index >= 15 is 0 Å². The fourth-order valence-corrected chi connectivity index (χ4v) is 5.58. The first-order valence-corrected chi connectivity index (χ1v) is 10.5. The van der Waals surface area contributed by atoms with Crippen molar-refractivity contribution in [3.8, 4) is 5.75 Å². The lowest BCUT2D eigenvalue weighted by atomic mass is 9.65. The van der Waals surface area contributed by atoms with Gasteiger partial charge in [-0.05, 0) is 50.0 Å². The van der Waals surface area contributed by atoms with Crippen LogP contribution in [0.2, 0.25) is 0 Å². The van der Waals surface area contributed by atoms with Crippen LogP contribution in [0.25, 0.3) is 11.0 Å². The maximum absolute atomic E-state index is 14.9. The Labute approximate surface area is 170 Å². The molecule has 4 atom stereocenters. The van der Waals surface area contributed by atoms with Crippen molar-refractivity contribution in [3.05, 3.63) is 23.8 Å². The zero-order valence-corrected chi connectivity index (χ0v) is 17.4. The molecule has 2 N–H and O–H groups in total. The van der Waals surface area contributed by atoms with Crippen molar-refractivity contribution < 1.29 is 19.0 Å². The summed E-state index contributed by atoms with van der Waals surface area (Å²) in [4.78, 5) is 22.9. The third-order valence-electron chi connectivity index (χ3n) is 6.97. The molecule has 6 nitrogen and oxygen atoms in total. The van der Waals surface area contributed by atoms with E-state index < -0.39 is 11.7 Å². The number of aromatic amines is 1. The maximum atomic E-state index is 14.9. The number of aliphatic hydroxyl groups is 1. The zero-order valence-electron chi connectivity index (χ0n) is 17.4. The van der Waals surface area contributed by atoms with E-state index in [1.165, 1.54) is 19.7 Å². The molecular weight excluding hydrogens is 373 g/mol. The van der Waals surface area contributed by atoms with Crippen LogP contribution in [-0.4, -0.2) is 51.7 Å². The van der Waals surface area contributed by atoms with Crippen LogP contribution in [0.1, 0.15) is 63.9 Å². The SMILES string of the molecule is COc1cnc2[nH]cc(C(C)C(=O)N3C(CCO)CC4(C)CCCC3C4)c2c1F. The van der Waals surface area contributed by atoms with E-state index in [1.807, 2.05) is 11.8 Å². The molecule has 2 aromatic rings. The number of nitrogens with zero attached hydrogens (tertiary/aromatic N) is 2. The quantitative estimate of drug-likeness (QED) is 0.797. The van der Waals surface area contributed by atoms with Gasteiger partial charge in [0.25, 0.3) is 0 Å². The van der Waals surface area contributed by atoms with E-state index in [-0.39, 0.29) is 35.8 Å². The van der Waals surface area contributed by atoms with Crippen molar-refractivity contribution in [2.45, 2.75) is 70.4 Å². The molecule has 158 valence electrons. The lowest BCUT2D eigenvalue weighted by Gasteiger charge is -2.53. The van der Waals surface area contributed by atoms with E-state index in [0.29, 0.717) is 23.0 Å². The fraction of sp³-hybridized carbons (Fsp3) is 0.636. The van der Waals surface area contributed by atoms with Crippen LogP contribution < -0.4 is 4.74 Å². The Kier molecular flexibility index (Phi) is 5.27. The Balaban J connectivity index is 1.69. The lowest BCUT2D eigenvalue weighted by molar-refractivity contribution is -0.146. The molecule has 2 fully saturated rings. The standard InChI is InChI=1S/C22H30FN3O3/c1-13(16-11-24-20-18(16)19(23)17(29-3)12-25-20)21(28)26-14-5-4-7-22(2,9-14)10-15(26)6-8-27/h11-15,27H,4-10H2,1-3H3,(H,24,25). The molecule has 4 rings (SSSR count). The topological polar surface area (TPSA) is 78.5 Å². The molecule has 1 saturated carbocycles. The van der Waals surface area contributed by atoms with Crippen LogP contribution in [0.4, 0.5) is 4.39 Å². The normalized spacial score (nSPS) is 27.8. The van der Waals surface area contributed by atoms with Crippen molar-refractivity contribution in [2.24, 2.45) is 5.41 Å². The third kappa shape index (κ3) is 3.39. The van der Waals surface area contributed by atoms with Crippen LogP contribution in [0, 0.1) is 11.2 Å². The predicted molar refractivity (Wildman–Crippen MR) is 108 cm³/mol. The monoisotopic (exact) mass is 403 g/mol. The number of H-pyrrole nitrogens is 1. The predicted octanol–water partition coefficient (Wildman–Crippen LogP) is 3.75. The summed E-state index contributed by atoms with van der Waals surface area (Å²) in [5.41, 5.74) is 1.25. The second-order valence-corrected chi connectivity index (χ2v) is 9.01. The Morgan fingerprint density at radius 1 is 1.52 bits per heavy atom. The second-order valence-electron chi connectivity index (χ2n) is 9.01. The molecule has 4 unspecified atom stereocenters. The van der Waals surface area contributed by atoms with Gasteiger partial charge in [-0.15, -0.1) is 0 Å². The van der Waals surface area contributed by atoms with Gasteiger partial charge in [-0.2, -0.15) is 0 Å². The van der Waals surface area contributed by atoms with E-state index in [4.69, 9.17) is 4.74 Å². The van der Waals surface area contributed by atoms with Gasteiger partial charge in [0.05, 0.1) is 24.6 Å². The van der Waals surface area contributed by atoms with Crippen molar-refractivity contribution in [3.63, 3.8) is 0 Å². The van der Waals surface area contributed by atoms with Crippen LogP contribution >= 0.6 is 0 Å². The first kappa shape index (κ1) is 20.1. The van der Waals surface area contributed by atoms with Gasteiger partial charge in [-0.3, -0.25) is 4.79 Å². The third-order valence-corrected chi connectivity index (χ3v) is 6.97. The van der Waals surface area contributed by atoms with Gasteiger partial charge in [0.2, 0.25) is 5.91 Å². The molecule has 29 heavy (non-hydrogen) atoms. The maximum Gasteiger partial charge on any atom is 0.230 e. The average molecular weight is 403 g/mol. The number of fused-ring (bicyclic) bond motifs is 3. The van der Waals surface area contributed by atoms with Gasteiger partial charge in [0.15, 0.2) is 11.6 Å². The van der Waals surface area contributed by atoms with Gasteiger partial charge in [0.1, 0.15) is 5.65 Å². The molecule has 1 aliphatic carbocycles. The van der Waals surface area contributed by atoms with Crippen LogP contribution in [-0.2, 0) is 4.79 Å². The van der Waals surface area contributed by atoms with Gasteiger partial charge < -0.3 is 19.7 Å². The Hall–Kier alpha value is -2.15. The summed E-state index contributed by atoms with van der Waals surface area (Å²) < 4.78 is 20.0. The number of ether oxygens (including phenoxy) is 1. The van der Waals surface area contributed by atoms with E-state index in [2.05, 4.69) is 16.9 Å². The van der Waals surface area contributed by atoms with E-state index in [0.717, 1.165) is 25.7 Å². The van der Waals surface area contributed by atoms with Gasteiger partial charge in [0, 0.05) is 24.9 Å². The number of likely N-dealkylation sites (tertiary alicyclic amines) is 1. The number of piperidine rings is 1. The molecular formula is C22H30FN3O3. The molecule has 1 aliphatic heterocycles. The summed E-state index contributed by atoms with van der Waals surface area (Å²) >= 11 is 0. The number of aromatic nitrogens is 2. The first-order chi connectivity index (χ1) is 13.9. The molecule has 3 heterocycles. The number of halogens is 1. The first-order valence-electron chi connectivity index (χ1n) is 10.5. The Morgan fingerprint density at radius 3 is 3.03 bits per heavy atom. The highest BCUT2D eigenvalue weighted by molar-refractivity contribution is 5.91. The molecule has 0 spiro atoms. The van der Waals surface area contributed by atoms with Crippen molar-refractivity contribution in [1.29, 1.82) is 0 Å². The molecule has 1 saturated heterocycles. The van der Waals surface area contributed by atoms with E-state index in [1.54, 1.807) is 6.20 Å². The lowest BCUT2D eigenvalue weighted by Crippen LogP contribution is -2.57. The molecule has 2 aliphatic rings. The number of aliphatic hydroxyl groups excluding tert-OH is 1. The minimum atomic E-state index is -0.514. The van der Waals surface area contributed by atoms with Crippen molar-refractivity contribution in [1.82, 2.24) is 14.9 Å². The minimum Gasteiger partial charge on any atom is -0.492 e. The number of hydrogen-bond acceptors (Lipinski definition) is 4. The van der Waals surface area contributed by atoms with Gasteiger partial charge in [-0.1, -0.05) is 13.3 Å². The molecule has 2 aromatic heterocycles. The molecule has 0 radical (unpaired) electrons. The van der Waals surface area contributed by atoms with Crippen LogP contribution in [0.5, 0.6) is 5.75 Å². The summed E-state index contributed by atoms with van der Waals surface area (Å²) in [5, 5.41) is 9.92. The number of amides is 1. The molecule has 1 amide bonds. The number of carbonyl (C=O) groups is 1. The van der Waals surface area contributed by atoms with Crippen LogP contribution in [0.3, 0.4) is 0 Å². The highest BCUT2D eigenvalue weighted by Gasteiger charge is 2.46. The van der Waals surface area contributed by atoms with Crippen molar-refractivity contribution >= 4 is 16.9 Å². The molecule has 0 aromatic carbocycles. The smallest absolute Gasteiger partial charge is 0.230 e. The second kappa shape index (κ2) is 7.59. The summed E-state index contributed by atoms with van der Waals surface area (Å²) in [7, 11) is 1.40. The number of hydrogen-bond donors (Lipinski definition) is 2. The Morgan fingerprint density at radius 2 is 2.31 bits per heavy atom. The highest BCUT2D eigenvalue weighted by Crippen LogP contribution is 2.48. The summed E-state index contributed by atoms with van der Waals surface area (Å²) in [6.45, 7) is 4.20.